The Labute approximate surface area is 240 Å². The maximum atomic E-state index is 10.2. The van der Waals surface area contributed by atoms with Crippen LogP contribution in [0.3, 0.4) is 0 Å². The number of hydrogen-bond acceptors (Lipinski definition) is 10. The molecule has 8 nitrogen and oxygen atoms in total. The second kappa shape index (κ2) is 9.83. The van der Waals surface area contributed by atoms with Gasteiger partial charge in [-0.05, 0) is 35.9 Å². The molecule has 7 rings (SSSR count). The molecule has 7 aromatic rings. The van der Waals surface area contributed by atoms with Crippen LogP contribution in [0.25, 0.3) is 54.2 Å². The Kier molecular flexibility index (Phi) is 6.00. The Bertz CT molecular complexity index is 2030. The van der Waals surface area contributed by atoms with Crippen molar-refractivity contribution in [3.05, 3.63) is 88.7 Å². The van der Waals surface area contributed by atoms with E-state index in [4.69, 9.17) is 32.0 Å². The van der Waals surface area contributed by atoms with Crippen LogP contribution in [-0.4, -0.2) is 30.0 Å². The van der Waals surface area contributed by atoms with E-state index < -0.39 is 0 Å². The fourth-order valence-corrected chi connectivity index (χ4v) is 6.44. The number of anilines is 1. The summed E-state index contributed by atoms with van der Waals surface area (Å²) in [6.07, 6.45) is 1.71. The number of pyridine rings is 1. The lowest BCUT2D eigenvalue weighted by Crippen LogP contribution is -1.97. The minimum Gasteiger partial charge on any atom is -0.492 e. The molecule has 0 aliphatic rings. The number of aromatic nitrogens is 5. The van der Waals surface area contributed by atoms with Crippen LogP contribution in [0.1, 0.15) is 0 Å². The van der Waals surface area contributed by atoms with E-state index in [9.17, 15) is 5.11 Å². The van der Waals surface area contributed by atoms with E-state index in [1.807, 2.05) is 47.8 Å². The molecule has 0 spiro atoms. The number of halogens is 1. The molecule has 40 heavy (non-hydrogen) atoms. The van der Waals surface area contributed by atoms with Crippen molar-refractivity contribution < 1.29 is 9.84 Å². The number of benzene rings is 2. The van der Waals surface area contributed by atoms with Gasteiger partial charge in [-0.15, -0.1) is 22.7 Å². The van der Waals surface area contributed by atoms with Gasteiger partial charge in [0.05, 0.1) is 11.0 Å². The topological polar surface area (TPSA) is 120 Å². The highest BCUT2D eigenvalue weighted by atomic mass is 35.5. The molecule has 0 atom stereocenters. The van der Waals surface area contributed by atoms with Gasteiger partial charge in [0.15, 0.2) is 5.82 Å². The third-order valence-corrected chi connectivity index (χ3v) is 8.47. The first-order valence-corrected chi connectivity index (χ1v) is 14.2. The molecule has 0 unspecified atom stereocenters. The summed E-state index contributed by atoms with van der Waals surface area (Å²) in [6.45, 7) is 0. The van der Waals surface area contributed by atoms with Gasteiger partial charge in [-0.3, -0.25) is 4.98 Å². The number of nitrogens with zero attached hydrogens (tertiary/aromatic N) is 5. The molecule has 2 aromatic carbocycles. The molecule has 194 valence electrons. The number of nitrogen functional groups attached to an aromatic ring is 1. The highest BCUT2D eigenvalue weighted by Crippen LogP contribution is 2.43. The first-order valence-electron chi connectivity index (χ1n) is 12.0. The summed E-state index contributed by atoms with van der Waals surface area (Å²) in [6, 6.07) is 21.0. The van der Waals surface area contributed by atoms with E-state index in [2.05, 4.69) is 32.5 Å². The van der Waals surface area contributed by atoms with Crippen molar-refractivity contribution in [3.8, 4) is 51.3 Å². The molecule has 0 amide bonds. The Hall–Kier alpha value is -4.64. The molecule has 0 bridgehead atoms. The lowest BCUT2D eigenvalue weighted by molar-refractivity contribution is 0.461. The van der Waals surface area contributed by atoms with Crippen molar-refractivity contribution >= 4 is 60.7 Å². The van der Waals surface area contributed by atoms with Crippen LogP contribution in [0.5, 0.6) is 17.5 Å². The SMILES string of the molecule is Nc1nc(O)c2scc(-c3cc(Oc4nc(-c5ccccn5)nc5c(-c6ccccc6)csc45)ccc3Cl)c2n1. The van der Waals surface area contributed by atoms with Crippen LogP contribution in [0, 0.1) is 0 Å². The third kappa shape index (κ3) is 4.28. The Morgan fingerprint density at radius 1 is 0.775 bits per heavy atom. The summed E-state index contributed by atoms with van der Waals surface area (Å²) in [5.41, 5.74) is 11.2. The lowest BCUT2D eigenvalue weighted by atomic mass is 10.1. The van der Waals surface area contributed by atoms with Crippen molar-refractivity contribution in [2.75, 3.05) is 5.73 Å². The fraction of sp³-hybridized carbons (Fsp3) is 0. The van der Waals surface area contributed by atoms with Gasteiger partial charge >= 0.3 is 0 Å². The summed E-state index contributed by atoms with van der Waals surface area (Å²) in [4.78, 5) is 22.3. The standard InChI is InChI=1S/C29H17ClN6O2S2/c30-20-10-9-16(12-17(20)19-14-39-24-23(19)34-29(31)36-27(24)37)38-28-25-22(18(13-40-25)15-6-2-1-3-7-15)33-26(35-28)21-8-4-5-11-32-21/h1-14H,(H3,31,34,36,37). The second-order valence-corrected chi connectivity index (χ2v) is 10.9. The van der Waals surface area contributed by atoms with Gasteiger partial charge in [-0.2, -0.15) is 9.97 Å². The monoisotopic (exact) mass is 580 g/mol. The van der Waals surface area contributed by atoms with E-state index in [1.165, 1.54) is 22.7 Å². The largest absolute Gasteiger partial charge is 0.492 e. The van der Waals surface area contributed by atoms with Gasteiger partial charge in [0.25, 0.3) is 0 Å². The average Bonchev–Trinajstić information content (AvgIpc) is 3.60. The van der Waals surface area contributed by atoms with Crippen LogP contribution in [0.15, 0.2) is 83.7 Å². The number of aromatic hydroxyl groups is 1. The van der Waals surface area contributed by atoms with Crippen LogP contribution >= 0.6 is 34.3 Å². The van der Waals surface area contributed by atoms with Crippen molar-refractivity contribution in [2.45, 2.75) is 0 Å². The van der Waals surface area contributed by atoms with E-state index in [-0.39, 0.29) is 11.8 Å². The van der Waals surface area contributed by atoms with Gasteiger partial charge in [-0.1, -0.05) is 48.0 Å². The predicted molar refractivity (Wildman–Crippen MR) is 160 cm³/mol. The average molecular weight is 581 g/mol. The number of hydrogen-bond donors (Lipinski definition) is 2. The van der Waals surface area contributed by atoms with E-state index in [1.54, 1.807) is 18.3 Å². The molecular weight excluding hydrogens is 564 g/mol. The van der Waals surface area contributed by atoms with Crippen molar-refractivity contribution in [3.63, 3.8) is 0 Å². The predicted octanol–water partition coefficient (Wildman–Crippen LogP) is 7.83. The molecule has 0 saturated carbocycles. The molecule has 3 N–H and O–H groups in total. The Balaban J connectivity index is 1.37. The van der Waals surface area contributed by atoms with Gasteiger partial charge < -0.3 is 15.6 Å². The fourth-order valence-electron chi connectivity index (χ4n) is 4.39. The van der Waals surface area contributed by atoms with E-state index >= 15 is 0 Å². The zero-order chi connectivity index (χ0) is 27.2. The van der Waals surface area contributed by atoms with Crippen molar-refractivity contribution in [1.82, 2.24) is 24.9 Å². The Morgan fingerprint density at radius 2 is 1.55 bits per heavy atom. The number of ether oxygens (including phenoxy) is 1. The van der Waals surface area contributed by atoms with Crippen LogP contribution in [0.2, 0.25) is 5.02 Å². The number of rotatable bonds is 5. The van der Waals surface area contributed by atoms with Crippen LogP contribution in [-0.2, 0) is 0 Å². The van der Waals surface area contributed by atoms with Crippen molar-refractivity contribution in [1.29, 1.82) is 0 Å². The summed E-state index contributed by atoms with van der Waals surface area (Å²) < 4.78 is 7.76. The summed E-state index contributed by atoms with van der Waals surface area (Å²) in [7, 11) is 0. The maximum Gasteiger partial charge on any atom is 0.241 e. The minimum atomic E-state index is -0.167. The molecule has 0 fully saturated rings. The molecule has 0 aliphatic carbocycles. The zero-order valence-electron chi connectivity index (χ0n) is 20.4. The lowest BCUT2D eigenvalue weighted by Gasteiger charge is -2.11. The molecule has 5 aromatic heterocycles. The third-order valence-electron chi connectivity index (χ3n) is 6.22. The molecular formula is C29H17ClN6O2S2. The first kappa shape index (κ1) is 24.4. The van der Waals surface area contributed by atoms with E-state index in [0.29, 0.717) is 49.5 Å². The van der Waals surface area contributed by atoms with Gasteiger partial charge in [-0.25, -0.2) is 9.97 Å². The van der Waals surface area contributed by atoms with Gasteiger partial charge in [0.2, 0.25) is 17.7 Å². The normalized spacial score (nSPS) is 11.3. The number of thiophene rings is 2. The highest BCUT2D eigenvalue weighted by molar-refractivity contribution is 7.18. The van der Waals surface area contributed by atoms with Crippen LogP contribution < -0.4 is 10.5 Å². The van der Waals surface area contributed by atoms with Crippen LogP contribution in [0.4, 0.5) is 5.95 Å². The quantitative estimate of drug-likeness (QED) is 0.211. The first-order chi connectivity index (χ1) is 19.5. The van der Waals surface area contributed by atoms with E-state index in [0.717, 1.165) is 21.3 Å². The van der Waals surface area contributed by atoms with Gasteiger partial charge in [0.1, 0.15) is 20.8 Å². The Morgan fingerprint density at radius 3 is 2.38 bits per heavy atom. The molecule has 0 radical (unpaired) electrons. The minimum absolute atomic E-state index is 0.0227. The highest BCUT2D eigenvalue weighted by Gasteiger charge is 2.20. The summed E-state index contributed by atoms with van der Waals surface area (Å²) in [5.74, 6) is 1.20. The van der Waals surface area contributed by atoms with Gasteiger partial charge in [0, 0.05) is 38.7 Å². The maximum absolute atomic E-state index is 10.2. The molecule has 5 heterocycles. The zero-order valence-corrected chi connectivity index (χ0v) is 22.8. The molecule has 0 aliphatic heterocycles. The second-order valence-electron chi connectivity index (χ2n) is 8.74. The van der Waals surface area contributed by atoms with Crippen molar-refractivity contribution in [2.24, 2.45) is 0 Å². The molecule has 11 heteroatoms. The summed E-state index contributed by atoms with van der Waals surface area (Å²) >= 11 is 9.45. The summed E-state index contributed by atoms with van der Waals surface area (Å²) in [5, 5.41) is 14.7. The number of fused-ring (bicyclic) bond motifs is 2. The number of nitrogens with two attached hydrogens (primary N) is 1. The smallest absolute Gasteiger partial charge is 0.241 e. The molecule has 0 saturated heterocycles.